The smallest absolute Gasteiger partial charge is 0.0408 e. The zero-order valence-electron chi connectivity index (χ0n) is 9.86. The molecule has 17 heavy (non-hydrogen) atoms. The third kappa shape index (κ3) is 3.09. The Bertz CT molecular complexity index is 494. The Morgan fingerprint density at radius 3 is 2.47 bits per heavy atom. The molecule has 0 heterocycles. The maximum absolute atomic E-state index is 6.20. The van der Waals surface area contributed by atoms with Gasteiger partial charge in [-0.2, -0.15) is 0 Å². The first-order valence-corrected chi connectivity index (χ1v) is 6.10. The minimum absolute atomic E-state index is 0.0380. The van der Waals surface area contributed by atoms with Gasteiger partial charge in [-0.15, -0.1) is 0 Å². The monoisotopic (exact) mass is 245 g/mol. The van der Waals surface area contributed by atoms with Crippen LogP contribution in [-0.2, 0) is 6.42 Å². The highest BCUT2D eigenvalue weighted by molar-refractivity contribution is 6.30. The summed E-state index contributed by atoms with van der Waals surface area (Å²) in [6.45, 7) is 2.07. The van der Waals surface area contributed by atoms with Gasteiger partial charge in [-0.05, 0) is 42.2 Å². The van der Waals surface area contributed by atoms with E-state index in [1.54, 1.807) is 0 Å². The van der Waals surface area contributed by atoms with Gasteiger partial charge in [0.2, 0.25) is 0 Å². The summed E-state index contributed by atoms with van der Waals surface area (Å²) in [5.41, 5.74) is 9.82. The number of benzene rings is 2. The lowest BCUT2D eigenvalue weighted by Crippen LogP contribution is -2.13. The molecule has 0 aromatic heterocycles. The van der Waals surface area contributed by atoms with Crippen molar-refractivity contribution in [2.45, 2.75) is 19.4 Å². The van der Waals surface area contributed by atoms with Gasteiger partial charge in [0.05, 0.1) is 0 Å². The number of hydrogen-bond donors (Lipinski definition) is 1. The van der Waals surface area contributed by atoms with Crippen molar-refractivity contribution >= 4 is 11.6 Å². The van der Waals surface area contributed by atoms with Gasteiger partial charge in [0.15, 0.2) is 0 Å². The molecule has 0 aliphatic rings. The molecule has 2 heteroatoms. The largest absolute Gasteiger partial charge is 0.324 e. The molecule has 2 rings (SSSR count). The van der Waals surface area contributed by atoms with Crippen molar-refractivity contribution in [3.05, 3.63) is 70.2 Å². The Kier molecular flexibility index (Phi) is 3.82. The molecule has 2 aromatic carbocycles. The van der Waals surface area contributed by atoms with Crippen molar-refractivity contribution in [2.75, 3.05) is 0 Å². The number of hydrogen-bond acceptors (Lipinski definition) is 1. The van der Waals surface area contributed by atoms with E-state index in [-0.39, 0.29) is 6.04 Å². The van der Waals surface area contributed by atoms with Gasteiger partial charge in [0.1, 0.15) is 0 Å². The minimum Gasteiger partial charge on any atom is -0.324 e. The van der Waals surface area contributed by atoms with Crippen LogP contribution in [0, 0.1) is 6.92 Å². The molecule has 0 aliphatic carbocycles. The van der Waals surface area contributed by atoms with Crippen molar-refractivity contribution in [3.63, 3.8) is 0 Å². The fraction of sp³-hybridized carbons (Fsp3) is 0.200. The van der Waals surface area contributed by atoms with Crippen LogP contribution >= 0.6 is 11.6 Å². The van der Waals surface area contributed by atoms with Crippen LogP contribution in [0.3, 0.4) is 0 Å². The van der Waals surface area contributed by atoms with E-state index in [1.165, 1.54) is 16.7 Å². The maximum atomic E-state index is 6.20. The first-order valence-electron chi connectivity index (χ1n) is 5.72. The lowest BCUT2D eigenvalue weighted by atomic mass is 9.97. The van der Waals surface area contributed by atoms with E-state index < -0.39 is 0 Å². The third-order valence-electron chi connectivity index (χ3n) is 2.97. The zero-order valence-corrected chi connectivity index (χ0v) is 10.6. The average Bonchev–Trinajstić information content (AvgIpc) is 2.34. The van der Waals surface area contributed by atoms with Crippen LogP contribution < -0.4 is 5.73 Å². The van der Waals surface area contributed by atoms with Crippen molar-refractivity contribution in [1.82, 2.24) is 0 Å². The molecule has 1 unspecified atom stereocenters. The van der Waals surface area contributed by atoms with Crippen molar-refractivity contribution < 1.29 is 0 Å². The second kappa shape index (κ2) is 5.35. The summed E-state index contributed by atoms with van der Waals surface area (Å²) in [6.07, 6.45) is 0.840. The molecule has 0 saturated heterocycles. The third-order valence-corrected chi connectivity index (χ3v) is 3.21. The van der Waals surface area contributed by atoms with E-state index >= 15 is 0 Å². The second-order valence-electron chi connectivity index (χ2n) is 4.29. The van der Waals surface area contributed by atoms with Crippen LogP contribution in [0.15, 0.2) is 48.5 Å². The molecule has 0 bridgehead atoms. The number of halogens is 1. The molecule has 0 amide bonds. The van der Waals surface area contributed by atoms with Gasteiger partial charge in [0.25, 0.3) is 0 Å². The molecule has 2 aromatic rings. The SMILES string of the molecule is Cc1cc(Cl)ccc1CC(N)c1ccccc1. The fourth-order valence-corrected chi connectivity index (χ4v) is 2.17. The zero-order chi connectivity index (χ0) is 12.3. The fourth-order valence-electron chi connectivity index (χ4n) is 1.94. The van der Waals surface area contributed by atoms with Crippen LogP contribution in [-0.4, -0.2) is 0 Å². The lowest BCUT2D eigenvalue weighted by Gasteiger charge is -2.14. The summed E-state index contributed by atoms with van der Waals surface area (Å²) in [5.74, 6) is 0. The van der Waals surface area contributed by atoms with Gasteiger partial charge >= 0.3 is 0 Å². The molecular formula is C15H16ClN. The normalized spacial score (nSPS) is 12.4. The van der Waals surface area contributed by atoms with Crippen LogP contribution in [0.4, 0.5) is 0 Å². The quantitative estimate of drug-likeness (QED) is 0.872. The summed E-state index contributed by atoms with van der Waals surface area (Å²) in [4.78, 5) is 0. The predicted octanol–water partition coefficient (Wildman–Crippen LogP) is 3.89. The number of rotatable bonds is 3. The van der Waals surface area contributed by atoms with E-state index in [0.29, 0.717) is 0 Å². The summed E-state index contributed by atoms with van der Waals surface area (Å²) < 4.78 is 0. The summed E-state index contributed by atoms with van der Waals surface area (Å²) in [5, 5.41) is 0.777. The van der Waals surface area contributed by atoms with E-state index in [2.05, 4.69) is 25.1 Å². The predicted molar refractivity (Wildman–Crippen MR) is 73.3 cm³/mol. The highest BCUT2D eigenvalue weighted by Crippen LogP contribution is 2.21. The van der Waals surface area contributed by atoms with Gasteiger partial charge in [-0.1, -0.05) is 48.0 Å². The van der Waals surface area contributed by atoms with Crippen molar-refractivity contribution in [2.24, 2.45) is 5.73 Å². The van der Waals surface area contributed by atoms with E-state index in [0.717, 1.165) is 11.4 Å². The van der Waals surface area contributed by atoms with Crippen molar-refractivity contribution in [1.29, 1.82) is 0 Å². The molecule has 0 fully saturated rings. The first-order chi connectivity index (χ1) is 8.16. The van der Waals surface area contributed by atoms with Gasteiger partial charge in [-0.3, -0.25) is 0 Å². The van der Waals surface area contributed by atoms with Crippen LogP contribution in [0.2, 0.25) is 5.02 Å². The molecule has 0 spiro atoms. The Labute approximate surface area is 107 Å². The Morgan fingerprint density at radius 1 is 1.12 bits per heavy atom. The molecule has 1 nitrogen and oxygen atoms in total. The van der Waals surface area contributed by atoms with Crippen molar-refractivity contribution in [3.8, 4) is 0 Å². The standard InChI is InChI=1S/C15H16ClN/c1-11-9-14(16)8-7-13(11)10-15(17)12-5-3-2-4-6-12/h2-9,15H,10,17H2,1H3. The van der Waals surface area contributed by atoms with Crippen LogP contribution in [0.5, 0.6) is 0 Å². The topological polar surface area (TPSA) is 26.0 Å². The summed E-state index contributed by atoms with van der Waals surface area (Å²) in [7, 11) is 0. The van der Waals surface area contributed by atoms with Gasteiger partial charge in [-0.25, -0.2) is 0 Å². The Morgan fingerprint density at radius 2 is 1.82 bits per heavy atom. The van der Waals surface area contributed by atoms with E-state index in [9.17, 15) is 0 Å². The molecular weight excluding hydrogens is 230 g/mol. The molecule has 0 aliphatic heterocycles. The summed E-state index contributed by atoms with van der Waals surface area (Å²) >= 11 is 5.94. The van der Waals surface area contributed by atoms with Crippen LogP contribution in [0.1, 0.15) is 22.7 Å². The summed E-state index contributed by atoms with van der Waals surface area (Å²) in [6, 6.07) is 16.2. The molecule has 0 saturated carbocycles. The Balaban J connectivity index is 2.16. The van der Waals surface area contributed by atoms with Gasteiger partial charge < -0.3 is 5.73 Å². The average molecular weight is 246 g/mol. The number of nitrogens with two attached hydrogens (primary N) is 1. The highest BCUT2D eigenvalue weighted by atomic mass is 35.5. The second-order valence-corrected chi connectivity index (χ2v) is 4.73. The highest BCUT2D eigenvalue weighted by Gasteiger charge is 2.08. The first kappa shape index (κ1) is 12.2. The van der Waals surface area contributed by atoms with E-state index in [4.69, 9.17) is 17.3 Å². The van der Waals surface area contributed by atoms with Crippen LogP contribution in [0.25, 0.3) is 0 Å². The number of aryl methyl sites for hydroxylation is 1. The lowest BCUT2D eigenvalue weighted by molar-refractivity contribution is 0.719. The van der Waals surface area contributed by atoms with E-state index in [1.807, 2.05) is 30.3 Å². The molecule has 88 valence electrons. The van der Waals surface area contributed by atoms with Gasteiger partial charge in [0, 0.05) is 11.1 Å². The minimum atomic E-state index is 0.0380. The molecule has 1 atom stereocenters. The molecule has 0 radical (unpaired) electrons. The molecule has 2 N–H and O–H groups in total. The maximum Gasteiger partial charge on any atom is 0.0408 e. The Hall–Kier alpha value is -1.31.